The number of hydrogen-bond donors (Lipinski definition) is 1. The maximum Gasteiger partial charge on any atom is 0.0716 e. The highest BCUT2D eigenvalue weighted by molar-refractivity contribution is 5.13. The minimum atomic E-state index is 0.269. The lowest BCUT2D eigenvalue weighted by Crippen LogP contribution is -1.96. The normalized spacial score (nSPS) is 11.4. The van der Waals surface area contributed by atoms with Crippen molar-refractivity contribution in [3.63, 3.8) is 0 Å². The molecular formula is C12H18O2. The summed E-state index contributed by atoms with van der Waals surface area (Å²) in [6.07, 6.45) is 2.87. The van der Waals surface area contributed by atoms with E-state index in [1.807, 2.05) is 12.1 Å². The van der Waals surface area contributed by atoms with Crippen LogP contribution in [0.15, 0.2) is 30.3 Å². The van der Waals surface area contributed by atoms with Gasteiger partial charge in [0.1, 0.15) is 0 Å². The van der Waals surface area contributed by atoms with E-state index in [9.17, 15) is 0 Å². The molecule has 0 bridgehead atoms. The molecule has 0 radical (unpaired) electrons. The summed E-state index contributed by atoms with van der Waals surface area (Å²) in [5, 5.41) is 8.57. The first kappa shape index (κ1) is 9.69. The predicted octanol–water partition coefficient (Wildman–Crippen LogP) is 2.37. The summed E-state index contributed by atoms with van der Waals surface area (Å²) in [6.45, 7) is 1.62. The Hall–Kier alpha value is -0.860. The van der Waals surface area contributed by atoms with Crippen LogP contribution in [0.2, 0.25) is 0 Å². The van der Waals surface area contributed by atoms with E-state index in [1.54, 1.807) is 12.1 Å². The van der Waals surface area contributed by atoms with E-state index in [0.717, 1.165) is 31.4 Å². The molecule has 0 saturated heterocycles. The monoisotopic (exact) mass is 195 g/mol. The standard InChI is InChI=1S/C12H18O2/c13-9-5-2-6-10-14-11-12-7-3-1-4-8-12/h1,3-4,7-8,13H,2,5-6,9-11H2/i1D. The van der Waals surface area contributed by atoms with Crippen LogP contribution < -0.4 is 0 Å². The fourth-order valence-electron chi connectivity index (χ4n) is 1.20. The van der Waals surface area contributed by atoms with Gasteiger partial charge < -0.3 is 9.84 Å². The van der Waals surface area contributed by atoms with E-state index in [-0.39, 0.29) is 6.61 Å². The summed E-state index contributed by atoms with van der Waals surface area (Å²) in [6, 6.07) is 7.89. The van der Waals surface area contributed by atoms with Crippen molar-refractivity contribution < 1.29 is 11.2 Å². The van der Waals surface area contributed by atoms with E-state index in [1.165, 1.54) is 0 Å². The van der Waals surface area contributed by atoms with Gasteiger partial charge in [-0.15, -0.1) is 0 Å². The molecule has 0 aromatic heterocycles. The average molecular weight is 195 g/mol. The van der Waals surface area contributed by atoms with Gasteiger partial charge in [-0.3, -0.25) is 0 Å². The van der Waals surface area contributed by atoms with Gasteiger partial charge in [0.15, 0.2) is 0 Å². The van der Waals surface area contributed by atoms with Crippen LogP contribution in [0.1, 0.15) is 26.2 Å². The first-order chi connectivity index (χ1) is 7.33. The van der Waals surface area contributed by atoms with E-state index >= 15 is 0 Å². The molecule has 0 saturated carbocycles. The van der Waals surface area contributed by atoms with Crippen molar-refractivity contribution in [3.8, 4) is 0 Å². The van der Waals surface area contributed by atoms with Crippen molar-refractivity contribution in [2.45, 2.75) is 25.9 Å². The third-order valence-electron chi connectivity index (χ3n) is 2.00. The number of unbranched alkanes of at least 4 members (excludes halogenated alkanes) is 2. The van der Waals surface area contributed by atoms with Crippen LogP contribution in [-0.2, 0) is 11.3 Å². The number of aliphatic hydroxyl groups excluding tert-OH is 1. The van der Waals surface area contributed by atoms with Gasteiger partial charge in [-0.25, -0.2) is 0 Å². The SMILES string of the molecule is [2H]c1ccc(COCCCCCO)cc1. The largest absolute Gasteiger partial charge is 0.396 e. The fourth-order valence-corrected chi connectivity index (χ4v) is 1.20. The van der Waals surface area contributed by atoms with Gasteiger partial charge in [0.2, 0.25) is 0 Å². The molecule has 78 valence electrons. The number of ether oxygens (including phenoxy) is 1. The van der Waals surface area contributed by atoms with Gasteiger partial charge in [0.25, 0.3) is 0 Å². The molecule has 2 heteroatoms. The summed E-state index contributed by atoms with van der Waals surface area (Å²) in [7, 11) is 0. The van der Waals surface area contributed by atoms with Crippen LogP contribution in [0.25, 0.3) is 0 Å². The molecule has 0 aliphatic rings. The van der Waals surface area contributed by atoms with Gasteiger partial charge in [0.05, 0.1) is 7.98 Å². The Bertz CT molecular complexity index is 259. The Morgan fingerprint density at radius 1 is 1.21 bits per heavy atom. The van der Waals surface area contributed by atoms with Crippen molar-refractivity contribution in [1.29, 1.82) is 0 Å². The molecule has 0 amide bonds. The Morgan fingerprint density at radius 2 is 2.00 bits per heavy atom. The molecule has 0 heterocycles. The van der Waals surface area contributed by atoms with E-state index < -0.39 is 0 Å². The summed E-state index contributed by atoms with van der Waals surface area (Å²) in [5.74, 6) is 0. The lowest BCUT2D eigenvalue weighted by atomic mass is 10.2. The molecular weight excluding hydrogens is 176 g/mol. The van der Waals surface area contributed by atoms with Crippen molar-refractivity contribution in [1.82, 2.24) is 0 Å². The number of aliphatic hydroxyl groups is 1. The minimum Gasteiger partial charge on any atom is -0.396 e. The number of benzene rings is 1. The second-order valence-electron chi connectivity index (χ2n) is 3.25. The second kappa shape index (κ2) is 7.54. The first-order valence-electron chi connectivity index (χ1n) is 5.57. The average Bonchev–Trinajstić information content (AvgIpc) is 2.26. The minimum absolute atomic E-state index is 0.269. The predicted molar refractivity (Wildman–Crippen MR) is 57.0 cm³/mol. The highest BCUT2D eigenvalue weighted by atomic mass is 16.5. The van der Waals surface area contributed by atoms with Gasteiger partial charge in [-0.2, -0.15) is 0 Å². The van der Waals surface area contributed by atoms with Crippen LogP contribution in [0.4, 0.5) is 0 Å². The first-order valence-corrected chi connectivity index (χ1v) is 5.07. The molecule has 0 unspecified atom stereocenters. The number of hydrogen-bond acceptors (Lipinski definition) is 2. The van der Waals surface area contributed by atoms with Crippen LogP contribution in [0.3, 0.4) is 0 Å². The van der Waals surface area contributed by atoms with Crippen LogP contribution in [-0.4, -0.2) is 18.3 Å². The lowest BCUT2D eigenvalue weighted by molar-refractivity contribution is 0.115. The van der Waals surface area contributed by atoms with Crippen LogP contribution >= 0.6 is 0 Å². The van der Waals surface area contributed by atoms with E-state index in [0.29, 0.717) is 12.6 Å². The Labute approximate surface area is 86.9 Å². The van der Waals surface area contributed by atoms with E-state index in [2.05, 4.69) is 0 Å². The zero-order chi connectivity index (χ0) is 10.9. The molecule has 0 atom stereocenters. The maximum atomic E-state index is 8.57. The third-order valence-corrected chi connectivity index (χ3v) is 2.00. The summed E-state index contributed by atoms with van der Waals surface area (Å²) >= 11 is 0. The summed E-state index contributed by atoms with van der Waals surface area (Å²) in [5.41, 5.74) is 1.10. The topological polar surface area (TPSA) is 29.5 Å². The molecule has 1 N–H and O–H groups in total. The van der Waals surface area contributed by atoms with Crippen molar-refractivity contribution in [3.05, 3.63) is 35.9 Å². The maximum absolute atomic E-state index is 8.57. The molecule has 0 aliphatic carbocycles. The van der Waals surface area contributed by atoms with Gasteiger partial charge in [0, 0.05) is 13.2 Å². The molecule has 1 aromatic rings. The fraction of sp³-hybridized carbons (Fsp3) is 0.500. The smallest absolute Gasteiger partial charge is 0.0716 e. The van der Waals surface area contributed by atoms with Gasteiger partial charge in [-0.05, 0) is 24.8 Å². The molecule has 1 aromatic carbocycles. The Morgan fingerprint density at radius 3 is 2.71 bits per heavy atom. The third kappa shape index (κ3) is 5.00. The second-order valence-corrected chi connectivity index (χ2v) is 3.25. The van der Waals surface area contributed by atoms with E-state index in [4.69, 9.17) is 11.2 Å². The number of rotatable bonds is 7. The molecule has 2 nitrogen and oxygen atoms in total. The molecule has 0 aliphatic heterocycles. The van der Waals surface area contributed by atoms with Crippen LogP contribution in [0, 0.1) is 0 Å². The Balaban J connectivity index is 2.07. The molecule has 0 fully saturated rings. The zero-order valence-electron chi connectivity index (χ0n) is 9.41. The molecule has 1 rings (SSSR count). The summed E-state index contributed by atoms with van der Waals surface area (Å²) < 4.78 is 12.8. The summed E-state index contributed by atoms with van der Waals surface area (Å²) in [4.78, 5) is 0. The van der Waals surface area contributed by atoms with Crippen molar-refractivity contribution in [2.75, 3.05) is 13.2 Å². The highest BCUT2D eigenvalue weighted by Crippen LogP contribution is 2.02. The highest BCUT2D eigenvalue weighted by Gasteiger charge is 1.91. The van der Waals surface area contributed by atoms with Gasteiger partial charge in [-0.1, -0.05) is 30.3 Å². The zero-order valence-corrected chi connectivity index (χ0v) is 8.41. The molecule has 0 spiro atoms. The van der Waals surface area contributed by atoms with Crippen molar-refractivity contribution in [2.24, 2.45) is 0 Å². The molecule has 14 heavy (non-hydrogen) atoms. The van der Waals surface area contributed by atoms with Gasteiger partial charge >= 0.3 is 0 Å². The van der Waals surface area contributed by atoms with Crippen molar-refractivity contribution >= 4 is 0 Å². The van der Waals surface area contributed by atoms with Crippen LogP contribution in [0.5, 0.6) is 0 Å². The quantitative estimate of drug-likeness (QED) is 0.677. The lowest BCUT2D eigenvalue weighted by Gasteiger charge is -2.03. The Kier molecular flexibility index (Phi) is 5.21.